The molecule has 12 heteroatoms. The van der Waals surface area contributed by atoms with Crippen molar-refractivity contribution >= 4 is 17.2 Å². The summed E-state index contributed by atoms with van der Waals surface area (Å²) in [6, 6.07) is 3.59. The summed E-state index contributed by atoms with van der Waals surface area (Å²) in [6.45, 7) is 8.16. The first kappa shape index (κ1) is 27.8. The fourth-order valence-corrected chi connectivity index (χ4v) is 3.48. The lowest BCUT2D eigenvalue weighted by Gasteiger charge is -2.27. The SMILES string of the molecule is C=CCC(C)=CC(=C(C)NC(=O)C1CNc2cc(OC(F)(F)F)ccc2O1)c1nc(CCN(C)C)no1. The van der Waals surface area contributed by atoms with Gasteiger partial charge in [0.15, 0.2) is 11.9 Å². The average Bonchev–Trinajstić information content (AvgIpc) is 3.28. The van der Waals surface area contributed by atoms with Gasteiger partial charge in [-0.2, -0.15) is 4.98 Å². The zero-order valence-corrected chi connectivity index (χ0v) is 21.1. The van der Waals surface area contributed by atoms with Gasteiger partial charge in [0.2, 0.25) is 0 Å². The summed E-state index contributed by atoms with van der Waals surface area (Å²) >= 11 is 0. The second-order valence-corrected chi connectivity index (χ2v) is 8.77. The smallest absolute Gasteiger partial charge is 0.477 e. The molecule has 0 spiro atoms. The number of hydrogen-bond acceptors (Lipinski definition) is 8. The average molecular weight is 522 g/mol. The quantitative estimate of drug-likeness (QED) is 0.352. The Morgan fingerprint density at radius 1 is 1.35 bits per heavy atom. The van der Waals surface area contributed by atoms with Gasteiger partial charge in [0, 0.05) is 24.7 Å². The number of hydrogen-bond donors (Lipinski definition) is 2. The van der Waals surface area contributed by atoms with Crippen LogP contribution in [0.15, 0.2) is 52.7 Å². The lowest BCUT2D eigenvalue weighted by molar-refractivity contribution is -0.274. The summed E-state index contributed by atoms with van der Waals surface area (Å²) in [4.78, 5) is 19.5. The molecule has 2 aromatic rings. The van der Waals surface area contributed by atoms with E-state index in [0.29, 0.717) is 29.9 Å². The molecule has 0 fully saturated rings. The van der Waals surface area contributed by atoms with Crippen molar-refractivity contribution in [1.82, 2.24) is 20.4 Å². The van der Waals surface area contributed by atoms with Crippen molar-refractivity contribution in [2.24, 2.45) is 0 Å². The number of nitrogens with zero attached hydrogens (tertiary/aromatic N) is 3. The molecular formula is C25H30F3N5O4. The summed E-state index contributed by atoms with van der Waals surface area (Å²) in [6.07, 6.45) is -0.914. The molecule has 1 atom stereocenters. The van der Waals surface area contributed by atoms with Gasteiger partial charge in [-0.05, 0) is 52.6 Å². The highest BCUT2D eigenvalue weighted by Crippen LogP contribution is 2.34. The summed E-state index contributed by atoms with van der Waals surface area (Å²) in [5.41, 5.74) is 2.28. The van der Waals surface area contributed by atoms with Crippen molar-refractivity contribution in [3.05, 3.63) is 59.9 Å². The van der Waals surface area contributed by atoms with Gasteiger partial charge in [-0.3, -0.25) is 4.79 Å². The second kappa shape index (κ2) is 12.0. The Labute approximate surface area is 213 Å². The molecule has 37 heavy (non-hydrogen) atoms. The predicted molar refractivity (Wildman–Crippen MR) is 132 cm³/mol. The highest BCUT2D eigenvalue weighted by Gasteiger charge is 2.32. The van der Waals surface area contributed by atoms with E-state index in [2.05, 4.69) is 32.1 Å². The first-order valence-electron chi connectivity index (χ1n) is 11.5. The highest BCUT2D eigenvalue weighted by molar-refractivity contribution is 5.87. The molecule has 2 heterocycles. The molecule has 0 bridgehead atoms. The summed E-state index contributed by atoms with van der Waals surface area (Å²) in [5.74, 6) is 0.193. The van der Waals surface area contributed by atoms with Gasteiger partial charge in [-0.25, -0.2) is 0 Å². The maximum absolute atomic E-state index is 13.0. The number of allylic oxidation sites excluding steroid dienone is 5. The summed E-state index contributed by atoms with van der Waals surface area (Å²) in [5, 5.41) is 9.78. The maximum atomic E-state index is 13.0. The van der Waals surface area contributed by atoms with E-state index in [0.717, 1.165) is 24.3 Å². The lowest BCUT2D eigenvalue weighted by Crippen LogP contribution is -2.44. The van der Waals surface area contributed by atoms with Crippen molar-refractivity contribution in [3.8, 4) is 11.5 Å². The molecule has 200 valence electrons. The maximum Gasteiger partial charge on any atom is 0.573 e. The van der Waals surface area contributed by atoms with Crippen molar-refractivity contribution in [2.75, 3.05) is 32.5 Å². The number of rotatable bonds is 10. The zero-order valence-electron chi connectivity index (χ0n) is 21.1. The Morgan fingerprint density at radius 2 is 2.11 bits per heavy atom. The highest BCUT2D eigenvalue weighted by atomic mass is 19.4. The molecule has 2 N–H and O–H groups in total. The van der Waals surface area contributed by atoms with Gasteiger partial charge in [0.1, 0.15) is 11.5 Å². The first-order chi connectivity index (χ1) is 17.4. The molecule has 0 aliphatic carbocycles. The number of benzene rings is 1. The van der Waals surface area contributed by atoms with Crippen LogP contribution >= 0.6 is 0 Å². The molecule has 1 aromatic carbocycles. The van der Waals surface area contributed by atoms with Crippen LogP contribution in [0.2, 0.25) is 0 Å². The van der Waals surface area contributed by atoms with Crippen LogP contribution in [-0.4, -0.2) is 60.6 Å². The van der Waals surface area contributed by atoms with Crippen LogP contribution in [0, 0.1) is 0 Å². The minimum atomic E-state index is -4.81. The van der Waals surface area contributed by atoms with Crippen molar-refractivity contribution < 1.29 is 32.0 Å². The molecule has 0 saturated carbocycles. The number of amides is 1. The minimum Gasteiger partial charge on any atom is -0.477 e. The molecule has 1 aromatic heterocycles. The second-order valence-electron chi connectivity index (χ2n) is 8.77. The predicted octanol–water partition coefficient (Wildman–Crippen LogP) is 4.32. The van der Waals surface area contributed by atoms with Crippen molar-refractivity contribution in [1.29, 1.82) is 0 Å². The topological polar surface area (TPSA) is 102 Å². The van der Waals surface area contributed by atoms with E-state index in [1.807, 2.05) is 32.0 Å². The Hall–Kier alpha value is -3.80. The van der Waals surface area contributed by atoms with E-state index in [1.54, 1.807) is 13.0 Å². The molecule has 1 aliphatic rings. The monoisotopic (exact) mass is 521 g/mol. The van der Waals surface area contributed by atoms with Gasteiger partial charge in [0.25, 0.3) is 11.8 Å². The van der Waals surface area contributed by atoms with Crippen LogP contribution in [0.5, 0.6) is 11.5 Å². The number of carbonyl (C=O) groups excluding carboxylic acids is 1. The molecule has 0 saturated heterocycles. The molecule has 9 nitrogen and oxygen atoms in total. The fourth-order valence-electron chi connectivity index (χ4n) is 3.48. The number of likely N-dealkylation sites (N-methyl/N-ethyl adjacent to an activating group) is 1. The van der Waals surface area contributed by atoms with Crippen LogP contribution in [-0.2, 0) is 11.2 Å². The third-order valence-corrected chi connectivity index (χ3v) is 5.28. The van der Waals surface area contributed by atoms with Crippen LogP contribution in [0.4, 0.5) is 18.9 Å². The number of ether oxygens (including phenoxy) is 2. The van der Waals surface area contributed by atoms with E-state index in [9.17, 15) is 18.0 Å². The molecule has 1 aliphatic heterocycles. The van der Waals surface area contributed by atoms with Crippen LogP contribution in [0.25, 0.3) is 5.57 Å². The number of fused-ring (bicyclic) bond motifs is 1. The van der Waals surface area contributed by atoms with Gasteiger partial charge >= 0.3 is 6.36 Å². The number of carbonyl (C=O) groups is 1. The molecule has 0 radical (unpaired) electrons. The Balaban J connectivity index is 1.78. The third-order valence-electron chi connectivity index (χ3n) is 5.28. The molecular weight excluding hydrogens is 491 g/mol. The van der Waals surface area contributed by atoms with Gasteiger partial charge in [-0.15, -0.1) is 19.8 Å². The number of aromatic nitrogens is 2. The van der Waals surface area contributed by atoms with E-state index in [1.165, 1.54) is 6.07 Å². The Kier molecular flexibility index (Phi) is 8.98. The van der Waals surface area contributed by atoms with Crippen LogP contribution in [0.3, 0.4) is 0 Å². The summed E-state index contributed by atoms with van der Waals surface area (Å²) in [7, 11) is 3.90. The fraction of sp³-hybridized carbons (Fsp3) is 0.400. The van der Waals surface area contributed by atoms with E-state index < -0.39 is 18.4 Å². The van der Waals surface area contributed by atoms with E-state index in [4.69, 9.17) is 9.26 Å². The number of halogens is 3. The number of nitrogens with one attached hydrogen (secondary N) is 2. The minimum absolute atomic E-state index is 0.0392. The number of anilines is 1. The molecule has 1 unspecified atom stereocenters. The molecule has 3 rings (SSSR count). The zero-order chi connectivity index (χ0) is 27.2. The van der Waals surface area contributed by atoms with E-state index >= 15 is 0 Å². The van der Waals surface area contributed by atoms with Crippen LogP contribution in [0.1, 0.15) is 32.0 Å². The van der Waals surface area contributed by atoms with Gasteiger partial charge < -0.3 is 29.5 Å². The van der Waals surface area contributed by atoms with Crippen molar-refractivity contribution in [2.45, 2.75) is 39.2 Å². The van der Waals surface area contributed by atoms with Crippen molar-refractivity contribution in [3.63, 3.8) is 0 Å². The largest absolute Gasteiger partial charge is 0.573 e. The number of alkyl halides is 3. The summed E-state index contributed by atoms with van der Waals surface area (Å²) < 4.78 is 52.6. The lowest BCUT2D eigenvalue weighted by atomic mass is 10.1. The van der Waals surface area contributed by atoms with E-state index in [-0.39, 0.29) is 29.6 Å². The molecule has 1 amide bonds. The Bertz CT molecular complexity index is 1190. The van der Waals surface area contributed by atoms with Crippen LogP contribution < -0.4 is 20.1 Å². The Morgan fingerprint density at radius 3 is 2.78 bits per heavy atom. The standard InChI is InChI=1S/C25H30F3N5O4/c1-6-7-15(2)12-18(24-31-22(32-37-24)10-11-33(4)5)16(3)30-23(34)21-14-29-19-13-17(36-25(26,27)28)8-9-20(19)35-21/h6,8-9,12-13,21,29H,1,7,10-11,14H2,2-5H3,(H,30,34). The van der Waals surface area contributed by atoms with Gasteiger partial charge in [-0.1, -0.05) is 16.8 Å². The normalized spacial score (nSPS) is 16.3. The van der Waals surface area contributed by atoms with Gasteiger partial charge in [0.05, 0.1) is 17.8 Å². The first-order valence-corrected chi connectivity index (χ1v) is 11.5. The third kappa shape index (κ3) is 8.10.